The minimum atomic E-state index is -0.716. The third kappa shape index (κ3) is 4.07. The second-order valence-electron chi connectivity index (χ2n) is 5.10. The molecule has 1 saturated carbocycles. The maximum atomic E-state index is 13.8. The molecule has 0 unspecified atom stereocenters. The number of hydrogen-bond donors (Lipinski definition) is 0. The number of thiocarbonyl (C=S) groups is 1. The van der Waals surface area contributed by atoms with Crippen molar-refractivity contribution in [1.82, 2.24) is 0 Å². The van der Waals surface area contributed by atoms with E-state index in [1.54, 1.807) is 0 Å². The van der Waals surface area contributed by atoms with Crippen LogP contribution < -0.4 is 0 Å². The Labute approximate surface area is 128 Å². The van der Waals surface area contributed by atoms with Crippen LogP contribution in [0.4, 0.5) is 14.5 Å². The van der Waals surface area contributed by atoms with Crippen molar-refractivity contribution in [3.8, 4) is 11.8 Å². The predicted octanol–water partition coefficient (Wildman–Crippen LogP) is 5.04. The van der Waals surface area contributed by atoms with Crippen molar-refractivity contribution in [2.45, 2.75) is 25.7 Å². The lowest BCUT2D eigenvalue weighted by Crippen LogP contribution is -2.11. The summed E-state index contributed by atoms with van der Waals surface area (Å²) in [6.07, 6.45) is 5.94. The van der Waals surface area contributed by atoms with Gasteiger partial charge in [-0.25, -0.2) is 8.78 Å². The zero-order valence-corrected chi connectivity index (χ0v) is 12.4. The van der Waals surface area contributed by atoms with Crippen molar-refractivity contribution in [2.24, 2.45) is 16.8 Å². The first-order valence-corrected chi connectivity index (χ1v) is 7.26. The van der Waals surface area contributed by atoms with Crippen LogP contribution in [0.5, 0.6) is 0 Å². The van der Waals surface area contributed by atoms with Crippen molar-refractivity contribution in [3.63, 3.8) is 0 Å². The molecule has 1 aliphatic carbocycles. The first-order chi connectivity index (χ1) is 10.1. The molecule has 0 amide bonds. The monoisotopic (exact) mass is 303 g/mol. The molecule has 0 atom stereocenters. The highest BCUT2D eigenvalue weighted by molar-refractivity contribution is 7.78. The van der Waals surface area contributed by atoms with Crippen molar-refractivity contribution in [1.29, 1.82) is 0 Å². The lowest BCUT2D eigenvalue weighted by atomic mass is 9.82. The van der Waals surface area contributed by atoms with Crippen molar-refractivity contribution in [3.05, 3.63) is 42.0 Å². The van der Waals surface area contributed by atoms with Gasteiger partial charge in [-0.05, 0) is 43.8 Å². The summed E-state index contributed by atoms with van der Waals surface area (Å²) in [6, 6.07) is 2.22. The summed E-state index contributed by atoms with van der Waals surface area (Å²) in [5, 5.41) is 2.08. The molecule has 2 rings (SSSR count). The molecule has 0 heterocycles. The standard InChI is InChI=1S/C17H15F2NS/c1-2-12-3-5-13(6-4-12)7-8-15-16(18)9-14(20-11-21)10-17(15)19/h2,9-10,12-13H,1,3-6H2. The Morgan fingerprint density at radius 1 is 1.19 bits per heavy atom. The molecular formula is C17H15F2NS. The maximum Gasteiger partial charge on any atom is 0.143 e. The van der Waals surface area contributed by atoms with Crippen LogP contribution in [0.25, 0.3) is 0 Å². The Morgan fingerprint density at radius 3 is 2.33 bits per heavy atom. The molecule has 1 aromatic rings. The molecule has 0 radical (unpaired) electrons. The predicted molar refractivity (Wildman–Crippen MR) is 83.6 cm³/mol. The fraction of sp³-hybridized carbons (Fsp3) is 0.353. The largest absolute Gasteiger partial charge is 0.205 e. The van der Waals surface area contributed by atoms with Gasteiger partial charge in [0.15, 0.2) is 0 Å². The summed E-state index contributed by atoms with van der Waals surface area (Å²) >= 11 is 4.41. The summed E-state index contributed by atoms with van der Waals surface area (Å²) in [5.74, 6) is 4.93. The molecule has 0 saturated heterocycles. The van der Waals surface area contributed by atoms with Gasteiger partial charge in [-0.3, -0.25) is 0 Å². The fourth-order valence-corrected chi connectivity index (χ4v) is 2.58. The Kier molecular flexibility index (Phi) is 5.38. The summed E-state index contributed by atoms with van der Waals surface area (Å²) in [7, 11) is 0. The number of allylic oxidation sites excluding steroid dienone is 1. The van der Waals surface area contributed by atoms with Gasteiger partial charge >= 0.3 is 0 Å². The Balaban J connectivity index is 2.16. The van der Waals surface area contributed by atoms with E-state index in [-0.39, 0.29) is 17.2 Å². The smallest absolute Gasteiger partial charge is 0.143 e. The summed E-state index contributed by atoms with van der Waals surface area (Å²) < 4.78 is 27.7. The van der Waals surface area contributed by atoms with Gasteiger partial charge in [-0.1, -0.05) is 17.9 Å². The summed E-state index contributed by atoms with van der Waals surface area (Å²) in [5.41, 5.74) is -0.0961. The summed E-state index contributed by atoms with van der Waals surface area (Å²) in [6.45, 7) is 3.79. The second kappa shape index (κ2) is 7.26. The highest BCUT2D eigenvalue weighted by Crippen LogP contribution is 2.29. The maximum absolute atomic E-state index is 13.8. The van der Waals surface area contributed by atoms with Crippen LogP contribution in [0.2, 0.25) is 0 Å². The normalized spacial score (nSPS) is 20.9. The van der Waals surface area contributed by atoms with Gasteiger partial charge in [0.25, 0.3) is 0 Å². The van der Waals surface area contributed by atoms with Crippen LogP contribution in [-0.4, -0.2) is 5.16 Å². The quantitative estimate of drug-likeness (QED) is 0.322. The average molecular weight is 303 g/mol. The summed E-state index contributed by atoms with van der Waals surface area (Å²) in [4.78, 5) is 3.56. The number of benzene rings is 1. The first-order valence-electron chi connectivity index (χ1n) is 6.85. The fourth-order valence-electron chi connectivity index (χ4n) is 2.47. The van der Waals surface area contributed by atoms with E-state index in [1.807, 2.05) is 6.08 Å². The van der Waals surface area contributed by atoms with Crippen molar-refractivity contribution in [2.75, 3.05) is 0 Å². The molecule has 108 valence electrons. The molecule has 1 nitrogen and oxygen atoms in total. The number of rotatable bonds is 2. The van der Waals surface area contributed by atoms with Crippen LogP contribution in [0, 0.1) is 35.3 Å². The van der Waals surface area contributed by atoms with Crippen LogP contribution in [0.1, 0.15) is 31.2 Å². The van der Waals surface area contributed by atoms with Gasteiger partial charge in [0, 0.05) is 18.1 Å². The van der Waals surface area contributed by atoms with Gasteiger partial charge in [0.05, 0.1) is 16.4 Å². The topological polar surface area (TPSA) is 12.4 Å². The number of isothiocyanates is 1. The number of nitrogens with zero attached hydrogens (tertiary/aromatic N) is 1. The molecule has 0 aromatic heterocycles. The van der Waals surface area contributed by atoms with Gasteiger partial charge < -0.3 is 0 Å². The molecular weight excluding hydrogens is 288 g/mol. The van der Waals surface area contributed by atoms with Crippen molar-refractivity contribution >= 4 is 23.1 Å². The highest BCUT2D eigenvalue weighted by atomic mass is 32.1. The van der Waals surface area contributed by atoms with Crippen molar-refractivity contribution < 1.29 is 8.78 Å². The van der Waals surface area contributed by atoms with E-state index in [0.29, 0.717) is 5.92 Å². The molecule has 1 aliphatic rings. The lowest BCUT2D eigenvalue weighted by Gasteiger charge is -2.22. The van der Waals surface area contributed by atoms with E-state index in [4.69, 9.17) is 0 Å². The number of hydrogen-bond acceptors (Lipinski definition) is 2. The van der Waals surface area contributed by atoms with Gasteiger partial charge in [-0.2, -0.15) is 4.99 Å². The third-order valence-corrected chi connectivity index (χ3v) is 3.80. The van der Waals surface area contributed by atoms with E-state index in [0.717, 1.165) is 37.8 Å². The van der Waals surface area contributed by atoms with Crippen LogP contribution >= 0.6 is 12.2 Å². The molecule has 1 aromatic carbocycles. The van der Waals surface area contributed by atoms with E-state index >= 15 is 0 Å². The van der Waals surface area contributed by atoms with E-state index < -0.39 is 11.6 Å². The van der Waals surface area contributed by atoms with Crippen LogP contribution in [0.15, 0.2) is 29.8 Å². The second-order valence-corrected chi connectivity index (χ2v) is 5.29. The molecule has 21 heavy (non-hydrogen) atoms. The lowest BCUT2D eigenvalue weighted by molar-refractivity contribution is 0.365. The Bertz CT molecular complexity index is 619. The Hall–Kier alpha value is -1.82. The Morgan fingerprint density at radius 2 is 1.81 bits per heavy atom. The zero-order chi connectivity index (χ0) is 15.2. The molecule has 0 bridgehead atoms. The van der Waals surface area contributed by atoms with Gasteiger partial charge in [0.2, 0.25) is 0 Å². The molecule has 1 fully saturated rings. The number of aliphatic imine (C=N–C) groups is 1. The van der Waals surface area contributed by atoms with Crippen LogP contribution in [0.3, 0.4) is 0 Å². The molecule has 4 heteroatoms. The molecule has 0 N–H and O–H groups in total. The molecule has 0 aliphatic heterocycles. The molecule has 0 spiro atoms. The van der Waals surface area contributed by atoms with Crippen LogP contribution in [-0.2, 0) is 0 Å². The van der Waals surface area contributed by atoms with E-state index in [1.165, 1.54) is 0 Å². The number of halogens is 2. The third-order valence-electron chi connectivity index (χ3n) is 3.71. The van der Waals surface area contributed by atoms with Gasteiger partial charge in [0.1, 0.15) is 11.6 Å². The minimum absolute atomic E-state index is 0.108. The zero-order valence-electron chi connectivity index (χ0n) is 11.5. The minimum Gasteiger partial charge on any atom is -0.205 e. The SMILES string of the molecule is C=CC1CCC(C#Cc2c(F)cc(N=C=S)cc2F)CC1. The van der Waals surface area contributed by atoms with E-state index in [2.05, 4.69) is 40.8 Å². The highest BCUT2D eigenvalue weighted by Gasteiger charge is 2.17. The first kappa shape index (κ1) is 15.6. The average Bonchev–Trinajstić information content (AvgIpc) is 2.47. The van der Waals surface area contributed by atoms with Gasteiger partial charge in [-0.15, -0.1) is 6.58 Å². The van der Waals surface area contributed by atoms with E-state index in [9.17, 15) is 8.78 Å².